The second-order valence-electron chi connectivity index (χ2n) is 4.59. The van der Waals surface area contributed by atoms with Crippen molar-refractivity contribution in [2.75, 3.05) is 12.4 Å². The molecule has 1 atom stereocenters. The summed E-state index contributed by atoms with van der Waals surface area (Å²) < 4.78 is 27.3. The molecule has 0 fully saturated rings. The molecule has 0 aliphatic heterocycles. The van der Waals surface area contributed by atoms with E-state index in [2.05, 4.69) is 15.6 Å². The monoisotopic (exact) mass is 311 g/mol. The first-order valence-corrected chi connectivity index (χ1v) is 7.20. The van der Waals surface area contributed by atoms with Crippen molar-refractivity contribution in [3.8, 4) is 0 Å². The number of hydrogen-bond acceptors (Lipinski definition) is 4. The summed E-state index contributed by atoms with van der Waals surface area (Å²) in [6.07, 6.45) is 0. The van der Waals surface area contributed by atoms with Crippen LogP contribution in [-0.4, -0.2) is 17.9 Å². The number of thiazole rings is 1. The minimum absolute atomic E-state index is 0.0656. The summed E-state index contributed by atoms with van der Waals surface area (Å²) in [5.74, 6) is -2.16. The van der Waals surface area contributed by atoms with Gasteiger partial charge in [0.2, 0.25) is 0 Å². The Balaban J connectivity index is 2.17. The highest BCUT2D eigenvalue weighted by molar-refractivity contribution is 7.09. The smallest absolute Gasteiger partial charge is 0.252 e. The van der Waals surface area contributed by atoms with Gasteiger partial charge >= 0.3 is 0 Å². The molecule has 2 N–H and O–H groups in total. The van der Waals surface area contributed by atoms with Crippen LogP contribution in [0.25, 0.3) is 0 Å². The van der Waals surface area contributed by atoms with E-state index in [4.69, 9.17) is 0 Å². The topological polar surface area (TPSA) is 54.0 Å². The third kappa shape index (κ3) is 3.36. The van der Waals surface area contributed by atoms with Gasteiger partial charge in [0.25, 0.3) is 5.91 Å². The molecule has 2 aromatic rings. The molecule has 0 saturated heterocycles. The van der Waals surface area contributed by atoms with E-state index in [9.17, 15) is 13.6 Å². The zero-order valence-corrected chi connectivity index (χ0v) is 12.6. The Labute approximate surface area is 125 Å². The molecule has 0 saturated carbocycles. The molecular weight excluding hydrogens is 296 g/mol. The quantitative estimate of drug-likeness (QED) is 0.911. The molecule has 2 rings (SSSR count). The van der Waals surface area contributed by atoms with Crippen LogP contribution in [0.3, 0.4) is 0 Å². The average molecular weight is 311 g/mol. The maximum absolute atomic E-state index is 13.6. The molecule has 7 heteroatoms. The Bertz CT molecular complexity index is 649. The van der Waals surface area contributed by atoms with Crippen molar-refractivity contribution in [3.63, 3.8) is 0 Å². The lowest BCUT2D eigenvalue weighted by Crippen LogP contribution is -2.27. The summed E-state index contributed by atoms with van der Waals surface area (Å²) in [5.41, 5.74) is 0.547. The molecule has 0 aliphatic carbocycles. The van der Waals surface area contributed by atoms with Crippen molar-refractivity contribution >= 4 is 22.9 Å². The zero-order valence-electron chi connectivity index (χ0n) is 11.8. The van der Waals surface area contributed by atoms with Gasteiger partial charge in [-0.3, -0.25) is 4.79 Å². The normalized spacial score (nSPS) is 12.0. The van der Waals surface area contributed by atoms with Gasteiger partial charge in [0.15, 0.2) is 0 Å². The summed E-state index contributed by atoms with van der Waals surface area (Å²) in [6, 6.07) is 1.68. The molecule has 21 heavy (non-hydrogen) atoms. The number of halogens is 2. The van der Waals surface area contributed by atoms with E-state index in [1.54, 1.807) is 6.92 Å². The van der Waals surface area contributed by atoms with Crippen LogP contribution >= 0.6 is 11.3 Å². The summed E-state index contributed by atoms with van der Waals surface area (Å²) >= 11 is 1.42. The third-order valence-electron chi connectivity index (χ3n) is 2.91. The van der Waals surface area contributed by atoms with Crippen LogP contribution in [0.2, 0.25) is 0 Å². The lowest BCUT2D eigenvalue weighted by molar-refractivity contribution is 0.0939. The van der Waals surface area contributed by atoms with Crippen molar-refractivity contribution in [2.24, 2.45) is 0 Å². The predicted molar refractivity (Wildman–Crippen MR) is 78.6 cm³/mol. The number of amides is 1. The molecule has 0 spiro atoms. The maximum Gasteiger partial charge on any atom is 0.252 e. The molecule has 1 amide bonds. The fraction of sp³-hybridized carbons (Fsp3) is 0.286. The zero-order chi connectivity index (χ0) is 15.6. The van der Waals surface area contributed by atoms with Crippen molar-refractivity contribution in [1.29, 1.82) is 0 Å². The molecule has 4 nitrogen and oxygen atoms in total. The largest absolute Gasteiger partial charge is 0.383 e. The van der Waals surface area contributed by atoms with Crippen LogP contribution in [-0.2, 0) is 0 Å². The highest BCUT2D eigenvalue weighted by atomic mass is 32.1. The highest BCUT2D eigenvalue weighted by Gasteiger charge is 2.17. The summed E-state index contributed by atoms with van der Waals surface area (Å²) in [7, 11) is 1.41. The van der Waals surface area contributed by atoms with Gasteiger partial charge in [0.05, 0.1) is 6.04 Å². The van der Waals surface area contributed by atoms with Crippen LogP contribution in [0.5, 0.6) is 0 Å². The minimum atomic E-state index is -0.805. The van der Waals surface area contributed by atoms with Gasteiger partial charge < -0.3 is 10.6 Å². The van der Waals surface area contributed by atoms with Crippen LogP contribution < -0.4 is 10.6 Å². The van der Waals surface area contributed by atoms with E-state index in [1.807, 2.05) is 12.3 Å². The van der Waals surface area contributed by atoms with Gasteiger partial charge in [-0.2, -0.15) is 0 Å². The minimum Gasteiger partial charge on any atom is -0.383 e. The van der Waals surface area contributed by atoms with Gasteiger partial charge in [-0.25, -0.2) is 13.8 Å². The van der Waals surface area contributed by atoms with Gasteiger partial charge in [-0.05, 0) is 26.0 Å². The molecule has 0 bridgehead atoms. The second kappa shape index (κ2) is 6.17. The number of benzene rings is 1. The van der Waals surface area contributed by atoms with E-state index in [0.717, 1.165) is 22.8 Å². The Morgan fingerprint density at radius 2 is 1.95 bits per heavy atom. The summed E-state index contributed by atoms with van der Waals surface area (Å²) in [4.78, 5) is 16.3. The van der Waals surface area contributed by atoms with Crippen molar-refractivity contribution in [3.05, 3.63) is 45.4 Å². The fourth-order valence-electron chi connectivity index (χ4n) is 1.86. The maximum atomic E-state index is 13.6. The van der Waals surface area contributed by atoms with E-state index < -0.39 is 17.5 Å². The fourth-order valence-corrected chi connectivity index (χ4v) is 2.66. The lowest BCUT2D eigenvalue weighted by atomic mass is 10.1. The number of rotatable bonds is 4. The number of carbonyl (C=O) groups excluding carboxylic acids is 1. The van der Waals surface area contributed by atoms with E-state index in [0.29, 0.717) is 0 Å². The first-order valence-electron chi connectivity index (χ1n) is 6.32. The number of anilines is 1. The number of nitrogens with one attached hydrogen (secondary N) is 2. The van der Waals surface area contributed by atoms with E-state index >= 15 is 0 Å². The van der Waals surface area contributed by atoms with Gasteiger partial charge in [-0.1, -0.05) is 0 Å². The van der Waals surface area contributed by atoms with Crippen LogP contribution in [0.1, 0.15) is 34.0 Å². The second-order valence-corrected chi connectivity index (χ2v) is 5.48. The SMILES string of the molecule is CNc1c(F)cc(C(=O)NC(C)c2nc(C)cs2)cc1F. The first-order chi connectivity index (χ1) is 9.92. The summed E-state index contributed by atoms with van der Waals surface area (Å²) in [5, 5.41) is 7.70. The molecular formula is C14H15F2N3OS. The lowest BCUT2D eigenvalue weighted by Gasteiger charge is -2.12. The first kappa shape index (κ1) is 15.4. The predicted octanol–water partition coefficient (Wildman–Crippen LogP) is 3.26. The highest BCUT2D eigenvalue weighted by Crippen LogP contribution is 2.22. The number of carbonyl (C=O) groups is 1. The van der Waals surface area contributed by atoms with Crippen molar-refractivity contribution in [2.45, 2.75) is 19.9 Å². The molecule has 0 aliphatic rings. The van der Waals surface area contributed by atoms with Crippen molar-refractivity contribution < 1.29 is 13.6 Å². The molecule has 1 aromatic heterocycles. The van der Waals surface area contributed by atoms with Gasteiger partial charge in [0, 0.05) is 23.7 Å². The molecule has 1 unspecified atom stereocenters. The van der Waals surface area contributed by atoms with Crippen LogP contribution in [0.15, 0.2) is 17.5 Å². The van der Waals surface area contributed by atoms with Gasteiger partial charge in [0.1, 0.15) is 22.3 Å². The third-order valence-corrected chi connectivity index (χ3v) is 4.05. The Morgan fingerprint density at radius 1 is 1.33 bits per heavy atom. The van der Waals surface area contributed by atoms with Crippen LogP contribution in [0, 0.1) is 18.6 Å². The van der Waals surface area contributed by atoms with E-state index in [1.165, 1.54) is 18.4 Å². The molecule has 0 radical (unpaired) electrons. The Kier molecular flexibility index (Phi) is 4.52. The van der Waals surface area contributed by atoms with Gasteiger partial charge in [-0.15, -0.1) is 11.3 Å². The summed E-state index contributed by atoms with van der Waals surface area (Å²) in [6.45, 7) is 3.63. The number of aromatic nitrogens is 1. The van der Waals surface area contributed by atoms with E-state index in [-0.39, 0.29) is 17.3 Å². The Hall–Kier alpha value is -2.02. The number of nitrogens with zero attached hydrogens (tertiary/aromatic N) is 1. The molecule has 112 valence electrons. The molecule has 1 heterocycles. The number of aryl methyl sites for hydroxylation is 1. The molecule has 1 aromatic carbocycles. The average Bonchev–Trinajstić information content (AvgIpc) is 2.85. The van der Waals surface area contributed by atoms with Crippen molar-refractivity contribution in [1.82, 2.24) is 10.3 Å². The standard InChI is InChI=1S/C14H15F2N3OS/c1-7-6-21-14(18-7)8(2)19-13(20)9-4-10(15)12(17-3)11(16)5-9/h4-6,8,17H,1-3H3,(H,19,20). The number of hydrogen-bond donors (Lipinski definition) is 2. The Morgan fingerprint density at radius 3 is 2.43 bits per heavy atom. The van der Waals surface area contributed by atoms with Crippen LogP contribution in [0.4, 0.5) is 14.5 Å².